The number of hydrogen-bond donors (Lipinski definition) is 0. The molecule has 3 aromatic rings. The molecule has 0 spiro atoms. The van der Waals surface area contributed by atoms with Gasteiger partial charge in [-0.1, -0.05) is 0 Å². The van der Waals surface area contributed by atoms with E-state index in [1.165, 1.54) is 44.3 Å². The van der Waals surface area contributed by atoms with Crippen molar-refractivity contribution in [3.05, 3.63) is 112 Å². The quantitative estimate of drug-likeness (QED) is 0.318. The molecule has 4 rings (SSSR count). The molecule has 1 atom stereocenters. The van der Waals surface area contributed by atoms with E-state index in [2.05, 4.69) is 162 Å². The number of benzene rings is 3. The van der Waals surface area contributed by atoms with Gasteiger partial charge in [0.05, 0.1) is 0 Å². The van der Waals surface area contributed by atoms with Gasteiger partial charge in [-0.3, -0.25) is 0 Å². The smallest absolute Gasteiger partial charge is 1.00 e. The molecule has 1 unspecified atom stereocenters. The minimum absolute atomic E-state index is 0. The van der Waals surface area contributed by atoms with Gasteiger partial charge in [0, 0.05) is 0 Å². The van der Waals surface area contributed by atoms with E-state index < -0.39 is 8.80 Å². The summed E-state index contributed by atoms with van der Waals surface area (Å²) in [6.45, 7) is 21.2. The molecule has 1 aliphatic rings. The maximum absolute atomic E-state index is 2.53. The molecule has 5 heteroatoms. The molecule has 0 heterocycles. The van der Waals surface area contributed by atoms with E-state index in [1.54, 1.807) is 11.1 Å². The Balaban J connectivity index is 0.00000267. The first kappa shape index (κ1) is 37.0. The predicted molar refractivity (Wildman–Crippen MR) is 162 cm³/mol. The van der Waals surface area contributed by atoms with E-state index in [4.69, 9.17) is 0 Å². The number of halogens is 3. The third kappa shape index (κ3) is 7.47. The summed E-state index contributed by atoms with van der Waals surface area (Å²) in [4.78, 5) is 0. The Morgan fingerprint density at radius 3 is 1.40 bits per heavy atom. The third-order valence-corrected chi connectivity index (χ3v) is 13.8. The molecule has 0 aliphatic heterocycles. The third-order valence-electron chi connectivity index (χ3n) is 8.43. The first-order valence-corrected chi connectivity index (χ1v) is 16.4. The first-order chi connectivity index (χ1) is 17.2. The zero-order valence-corrected chi connectivity index (χ0v) is 30.4. The van der Waals surface area contributed by atoms with E-state index in [0.29, 0.717) is 0 Å². The van der Waals surface area contributed by atoms with Gasteiger partial charge in [-0.25, -0.2) is 0 Å². The molecule has 0 N–H and O–H groups in total. The second-order valence-electron chi connectivity index (χ2n) is 13.0. The Morgan fingerprint density at radius 1 is 0.625 bits per heavy atom. The van der Waals surface area contributed by atoms with Gasteiger partial charge in [-0.15, -0.1) is 0 Å². The molecule has 40 heavy (non-hydrogen) atoms. The van der Waals surface area contributed by atoms with Crippen molar-refractivity contribution >= 4 is 24.7 Å². The van der Waals surface area contributed by atoms with Crippen molar-refractivity contribution in [2.45, 2.75) is 82.9 Å². The Labute approximate surface area is 275 Å². The molecule has 0 aromatic heterocycles. The first-order valence-electron chi connectivity index (χ1n) is 13.6. The summed E-state index contributed by atoms with van der Waals surface area (Å²) in [5.41, 5.74) is 10.5. The summed E-state index contributed by atoms with van der Waals surface area (Å²) in [6, 6.07) is 31.2. The van der Waals surface area contributed by atoms with Crippen LogP contribution in [-0.2, 0) is 31.3 Å². The van der Waals surface area contributed by atoms with Crippen molar-refractivity contribution < 1.29 is 57.7 Å². The summed E-state index contributed by atoms with van der Waals surface area (Å²) in [7, 11) is -1.49. The fourth-order valence-corrected chi connectivity index (χ4v) is 10.9. The normalized spacial score (nSPS) is 17.4. The Morgan fingerprint density at radius 2 is 1.02 bits per heavy atom. The number of hydrogen-bond acceptors (Lipinski definition) is 0. The minimum Gasteiger partial charge on any atom is -1.00 e. The molecule has 0 saturated carbocycles. The van der Waals surface area contributed by atoms with Gasteiger partial charge < -0.3 is 37.2 Å². The number of rotatable bonds is 5. The monoisotopic (exact) mass is 644 g/mol. The van der Waals surface area contributed by atoms with Gasteiger partial charge in [-0.05, 0) is 0 Å². The van der Waals surface area contributed by atoms with Crippen molar-refractivity contribution in [1.29, 1.82) is 0 Å². The van der Waals surface area contributed by atoms with E-state index >= 15 is 0 Å². The van der Waals surface area contributed by atoms with Crippen LogP contribution >= 0.6 is 0 Å². The van der Waals surface area contributed by atoms with Crippen LogP contribution in [0.15, 0.2) is 95.6 Å². The topological polar surface area (TPSA) is 0 Å². The molecule has 1 aliphatic carbocycles. The summed E-state index contributed by atoms with van der Waals surface area (Å²) < 4.78 is 0.00238. The van der Waals surface area contributed by atoms with Crippen LogP contribution in [0.25, 0.3) is 5.57 Å². The van der Waals surface area contributed by atoms with Crippen molar-refractivity contribution in [1.82, 2.24) is 0 Å². The average Bonchev–Trinajstić information content (AvgIpc) is 3.02. The molecule has 0 saturated heterocycles. The van der Waals surface area contributed by atoms with Gasteiger partial charge in [0.1, 0.15) is 0 Å². The maximum Gasteiger partial charge on any atom is -1.00 e. The van der Waals surface area contributed by atoms with Crippen LogP contribution in [-0.4, -0.2) is 8.80 Å². The van der Waals surface area contributed by atoms with E-state index in [1.807, 2.05) is 0 Å². The van der Waals surface area contributed by atoms with Gasteiger partial charge in [0.15, 0.2) is 0 Å². The van der Waals surface area contributed by atoms with Crippen LogP contribution in [0.5, 0.6) is 0 Å². The van der Waals surface area contributed by atoms with Gasteiger partial charge in [0.25, 0.3) is 0 Å². The van der Waals surface area contributed by atoms with Crippen LogP contribution in [0.1, 0.15) is 79.0 Å². The van der Waals surface area contributed by atoms with Crippen molar-refractivity contribution in [2.75, 3.05) is 0 Å². The van der Waals surface area contributed by atoms with E-state index in [-0.39, 0.29) is 51.8 Å². The summed E-state index contributed by atoms with van der Waals surface area (Å²) in [6.07, 6.45) is 0. The van der Waals surface area contributed by atoms with Crippen LogP contribution < -0.4 is 47.6 Å². The maximum atomic E-state index is 2.53. The molecule has 0 amide bonds. The Bertz CT molecular complexity index is 1280. The second-order valence-corrected chi connectivity index (χ2v) is 17.2. The van der Waals surface area contributed by atoms with Crippen molar-refractivity contribution in [3.8, 4) is 0 Å². The van der Waals surface area contributed by atoms with Crippen LogP contribution in [0.2, 0.25) is 9.76 Å². The van der Waals surface area contributed by atoms with Gasteiger partial charge >= 0.3 is 240 Å². The molecular weight excluding hydrogens is 603 g/mol. The van der Waals surface area contributed by atoms with Crippen molar-refractivity contribution in [2.24, 2.45) is 0 Å². The molecule has 0 bridgehead atoms. The molecule has 0 fully saturated rings. The minimum atomic E-state index is -1.49. The molecule has 0 radical (unpaired) electrons. The van der Waals surface area contributed by atoms with Crippen LogP contribution in [0.4, 0.5) is 0 Å². The fraction of sp³-hybridized carbons (Fsp3) is 0.371. The predicted octanol–water partition coefficient (Wildman–Crippen LogP) is -0.836. The van der Waals surface area contributed by atoms with Gasteiger partial charge in [0.2, 0.25) is 0 Å². The molecule has 3 aromatic carbocycles. The molecular formula is C35H43Cl3SiTi. The fourth-order valence-electron chi connectivity index (χ4n) is 5.76. The molecule has 0 nitrogen and oxygen atoms in total. The van der Waals surface area contributed by atoms with Gasteiger partial charge in [-0.2, -0.15) is 0 Å². The number of allylic oxidation sites excluding steroid dienone is 4. The van der Waals surface area contributed by atoms with Crippen LogP contribution in [0.3, 0.4) is 0 Å². The largest absolute Gasteiger partial charge is 1.00 e. The standard InChI is InChI=1S/C35H43Si.3ClH.Ti/c1-24-25(2)32(23-36(30-16-12-10-13-17-30)31-18-14-11-15-19-31)33(26(24)3)27-20-28(34(4,5)6)22-29(21-27)35(7,8)9;;;;/h10-22,36H,23H2,1-9H3;3*1H;/q;;;;+3/p-3. The van der Waals surface area contributed by atoms with Crippen molar-refractivity contribution in [3.63, 3.8) is 0 Å². The summed E-state index contributed by atoms with van der Waals surface area (Å²) >= 11 is 2.53. The molecule has 212 valence electrons. The Hall–Kier alpha value is -1.06. The second kappa shape index (κ2) is 13.9. The Kier molecular flexibility index (Phi) is 12.9. The zero-order chi connectivity index (χ0) is 27.2. The summed E-state index contributed by atoms with van der Waals surface area (Å²) in [5.74, 6) is 0. The summed E-state index contributed by atoms with van der Waals surface area (Å²) in [5, 5.41) is 3.06. The van der Waals surface area contributed by atoms with Crippen LogP contribution in [0, 0.1) is 0 Å². The van der Waals surface area contributed by atoms with E-state index in [9.17, 15) is 0 Å². The SMILES string of the molecule is CC1=C(C)[C]([Ti+3])(C[SiH](c2ccccc2)c2ccccc2)C(c2cc(C(C)(C)C)cc(C(C)(C)C)c2)=C1C.[Cl-].[Cl-].[Cl-]. The average molecular weight is 646 g/mol. The zero-order valence-electron chi connectivity index (χ0n) is 25.4. The van der Waals surface area contributed by atoms with E-state index in [0.717, 1.165) is 0 Å².